The first kappa shape index (κ1) is 43.6. The van der Waals surface area contributed by atoms with E-state index in [0.717, 1.165) is 0 Å². The van der Waals surface area contributed by atoms with Crippen molar-refractivity contribution in [3.63, 3.8) is 0 Å². The van der Waals surface area contributed by atoms with Gasteiger partial charge in [0.05, 0.1) is 7.11 Å². The molecule has 0 aliphatic rings. The molecule has 1 atom stereocenters. The van der Waals surface area contributed by atoms with Crippen LogP contribution in [-0.2, 0) is 23.9 Å². The first-order valence-electron chi connectivity index (χ1n) is 10.8. The number of hydrogen-bond acceptors (Lipinski definition) is 5. The van der Waals surface area contributed by atoms with E-state index in [4.69, 9.17) is 5.11 Å². The van der Waals surface area contributed by atoms with Crippen molar-refractivity contribution >= 4 is 17.9 Å². The molecule has 0 saturated carbocycles. The molecule has 0 radical (unpaired) electrons. The quantitative estimate of drug-likeness (QED) is 0.117. The number of carbonyl (C=O) groups excluding carboxylic acids is 2. The van der Waals surface area contributed by atoms with E-state index < -0.39 is 84.6 Å². The fraction of sp³-hybridized carbons (Fsp3) is 0.591. The van der Waals surface area contributed by atoms with Crippen molar-refractivity contribution in [2.24, 2.45) is 0 Å². The molecule has 23 heteroatoms. The molecule has 262 valence electrons. The van der Waals surface area contributed by atoms with Crippen molar-refractivity contribution in [2.75, 3.05) is 7.11 Å². The molecule has 1 N–H and O–H groups in total. The Kier molecular flexibility index (Phi) is 13.4. The maximum Gasteiger partial charge on any atom is 0.473 e. The summed E-state index contributed by atoms with van der Waals surface area (Å²) in [6, 6.07) is 0. The second-order valence-corrected chi connectivity index (χ2v) is 8.41. The van der Waals surface area contributed by atoms with Crippen molar-refractivity contribution in [2.45, 2.75) is 74.0 Å². The normalized spacial score (nSPS) is 14.7. The Morgan fingerprint density at radius 3 is 1.36 bits per heavy atom. The number of carboxylic acid groups (broad SMARTS) is 1. The first-order valence-corrected chi connectivity index (χ1v) is 10.8. The number of alkyl halides is 17. The van der Waals surface area contributed by atoms with Gasteiger partial charge in [-0.3, -0.25) is 0 Å². The molecule has 45 heavy (non-hydrogen) atoms. The number of esters is 2. The molecule has 1 unspecified atom stereocenters. The molecule has 0 aromatic heterocycles. The molecule has 0 aromatic rings. The molecule has 0 aliphatic carbocycles. The molecule has 0 heterocycles. The topological polar surface area (TPSA) is 89.9 Å². The summed E-state index contributed by atoms with van der Waals surface area (Å²) >= 11 is 0. The monoisotopic (exact) mass is 702 g/mol. The van der Waals surface area contributed by atoms with Gasteiger partial charge in [-0.1, -0.05) is 19.2 Å². The van der Waals surface area contributed by atoms with Crippen LogP contribution in [-0.4, -0.2) is 83.9 Å². The van der Waals surface area contributed by atoms with Gasteiger partial charge in [-0.05, 0) is 20.3 Å². The van der Waals surface area contributed by atoms with Gasteiger partial charge in [-0.15, -0.1) is 0 Å². The predicted molar refractivity (Wildman–Crippen MR) is 114 cm³/mol. The Morgan fingerprint density at radius 1 is 0.711 bits per heavy atom. The van der Waals surface area contributed by atoms with Gasteiger partial charge in [-0.2, -0.15) is 70.2 Å². The van der Waals surface area contributed by atoms with Crippen LogP contribution in [0.25, 0.3) is 0 Å². The number of methoxy groups -OCH3 is 1. The fourth-order valence-electron chi connectivity index (χ4n) is 2.24. The summed E-state index contributed by atoms with van der Waals surface area (Å²) in [4.78, 5) is 31.7. The van der Waals surface area contributed by atoms with Gasteiger partial charge in [0.2, 0.25) is 0 Å². The Hall–Kier alpha value is -3.56. The van der Waals surface area contributed by atoms with E-state index in [0.29, 0.717) is 11.6 Å². The summed E-state index contributed by atoms with van der Waals surface area (Å²) in [6.45, 7) is 6.78. The highest BCUT2D eigenvalue weighted by molar-refractivity contribution is 5.88. The van der Waals surface area contributed by atoms with E-state index in [1.165, 1.54) is 7.11 Å². The number of carbonyl (C=O) groups is 3. The lowest BCUT2D eigenvalue weighted by molar-refractivity contribution is -0.469. The predicted octanol–water partition coefficient (Wildman–Crippen LogP) is 7.25. The van der Waals surface area contributed by atoms with Crippen LogP contribution in [0.3, 0.4) is 0 Å². The Bertz CT molecular complexity index is 1160. The van der Waals surface area contributed by atoms with E-state index in [9.17, 15) is 89.0 Å². The zero-order chi connectivity index (χ0) is 37.0. The summed E-state index contributed by atoms with van der Waals surface area (Å²) < 4.78 is 236. The number of ether oxygens (including phenoxy) is 2. The minimum absolute atomic E-state index is 0.172. The summed E-state index contributed by atoms with van der Waals surface area (Å²) in [7, 11) is 1.33. The van der Waals surface area contributed by atoms with Gasteiger partial charge in [0.25, 0.3) is 0 Å². The highest BCUT2D eigenvalue weighted by Gasteiger charge is 2.95. The zero-order valence-corrected chi connectivity index (χ0v) is 22.3. The lowest BCUT2D eigenvalue weighted by atomic mass is 9.88. The summed E-state index contributed by atoms with van der Waals surface area (Å²) in [5, 5.41) is 8.24. The third-order valence-electron chi connectivity index (χ3n) is 4.92. The molecule has 0 bridgehead atoms. The molecule has 0 fully saturated rings. The van der Waals surface area contributed by atoms with Gasteiger partial charge in [0, 0.05) is 17.2 Å². The number of halogens is 17. The highest BCUT2D eigenvalue weighted by Crippen LogP contribution is 2.64. The van der Waals surface area contributed by atoms with Crippen LogP contribution in [0.15, 0.2) is 36.5 Å². The number of hydrogen-bond donors (Lipinski definition) is 1. The standard InChI is InChI=1S/C17H11F17O4.C5H8O2/c1-6(4-3-5-8(35)36)9(37)38-17(33,34)16(31,32)15(29,30)14(27,28)13(25,26)12(23,24)11(21,22)10(19,20)7(2)18;1-4(2)5(6)7-3/h3,5,7H,1,4H2,2H3,(H,35,36);1H2,2-3H3. The molecule has 0 aromatic carbocycles. The minimum Gasteiger partial charge on any atom is -0.478 e. The van der Waals surface area contributed by atoms with Gasteiger partial charge < -0.3 is 14.6 Å². The first-order chi connectivity index (χ1) is 19.6. The molecule has 0 rings (SSSR count). The summed E-state index contributed by atoms with van der Waals surface area (Å²) in [5.74, 6) is -62.9. The number of carboxylic acids is 1. The van der Waals surface area contributed by atoms with Crippen LogP contribution in [0.5, 0.6) is 0 Å². The maximum atomic E-state index is 13.7. The average Bonchev–Trinajstić information content (AvgIpc) is 2.86. The van der Waals surface area contributed by atoms with Crippen molar-refractivity contribution in [3.05, 3.63) is 36.5 Å². The van der Waals surface area contributed by atoms with E-state index >= 15 is 0 Å². The summed E-state index contributed by atoms with van der Waals surface area (Å²) in [5.41, 5.74) is -1.06. The lowest BCUT2D eigenvalue weighted by Crippen LogP contribution is -2.75. The average molecular weight is 702 g/mol. The van der Waals surface area contributed by atoms with Crippen LogP contribution >= 0.6 is 0 Å². The van der Waals surface area contributed by atoms with Gasteiger partial charge in [0.1, 0.15) is 0 Å². The third kappa shape index (κ3) is 8.00. The fourth-order valence-corrected chi connectivity index (χ4v) is 2.24. The highest BCUT2D eigenvalue weighted by atomic mass is 19.4. The van der Waals surface area contributed by atoms with E-state index in [1.807, 2.05) is 0 Å². The summed E-state index contributed by atoms with van der Waals surface area (Å²) in [6.07, 6.45) is -12.6. The second-order valence-electron chi connectivity index (χ2n) is 8.41. The van der Waals surface area contributed by atoms with Crippen molar-refractivity contribution in [3.8, 4) is 0 Å². The van der Waals surface area contributed by atoms with Crippen LogP contribution in [0.2, 0.25) is 0 Å². The number of rotatable bonds is 14. The minimum atomic E-state index is -8.77. The van der Waals surface area contributed by atoms with Crippen molar-refractivity contribution < 1.29 is 104 Å². The molecule has 0 amide bonds. The molecule has 6 nitrogen and oxygen atoms in total. The molecule has 0 saturated heterocycles. The molecular weight excluding hydrogens is 683 g/mol. The Morgan fingerprint density at radius 2 is 1.07 bits per heavy atom. The second kappa shape index (κ2) is 13.8. The Balaban J connectivity index is 0. The molecular formula is C22H19F17O6. The van der Waals surface area contributed by atoms with Gasteiger partial charge in [0.15, 0.2) is 6.17 Å². The van der Waals surface area contributed by atoms with Crippen LogP contribution in [0.1, 0.15) is 20.3 Å². The Labute approximate surface area is 240 Å². The molecule has 0 aliphatic heterocycles. The zero-order valence-electron chi connectivity index (χ0n) is 22.3. The van der Waals surface area contributed by atoms with Gasteiger partial charge >= 0.3 is 65.5 Å². The van der Waals surface area contributed by atoms with E-state index in [2.05, 4.69) is 22.6 Å². The maximum absolute atomic E-state index is 13.7. The largest absolute Gasteiger partial charge is 0.478 e. The third-order valence-corrected chi connectivity index (χ3v) is 4.92. The van der Waals surface area contributed by atoms with Crippen LogP contribution in [0, 0.1) is 0 Å². The lowest BCUT2D eigenvalue weighted by Gasteiger charge is -2.43. The SMILES string of the molecule is C=C(C)C(=O)OC.C=C(CC=CC(=O)O)C(=O)OC(F)(F)C(F)(F)C(F)(F)C(F)(F)C(F)(F)C(F)(F)C(F)(F)C(F)(F)C(C)F. The van der Waals surface area contributed by atoms with E-state index in [-0.39, 0.29) is 12.0 Å². The number of aliphatic carboxylic acids is 1. The van der Waals surface area contributed by atoms with Crippen molar-refractivity contribution in [1.82, 2.24) is 0 Å². The van der Waals surface area contributed by atoms with Gasteiger partial charge in [-0.25, -0.2) is 18.8 Å². The van der Waals surface area contributed by atoms with Crippen molar-refractivity contribution in [1.29, 1.82) is 0 Å². The van der Waals surface area contributed by atoms with Crippen LogP contribution in [0.4, 0.5) is 74.6 Å². The molecule has 0 spiro atoms. The van der Waals surface area contributed by atoms with Crippen LogP contribution < -0.4 is 0 Å². The van der Waals surface area contributed by atoms with E-state index in [1.54, 1.807) is 6.92 Å². The smallest absolute Gasteiger partial charge is 0.473 e. The number of allylic oxidation sites excluding steroid dienone is 1.